The fourth-order valence-corrected chi connectivity index (χ4v) is 2.50. The number of rotatable bonds is 5. The first-order valence-corrected chi connectivity index (χ1v) is 8.44. The largest absolute Gasteiger partial charge is 0.457 e. The molecule has 0 radical (unpaired) electrons. The summed E-state index contributed by atoms with van der Waals surface area (Å²) in [4.78, 5) is 0. The normalized spacial score (nSPS) is 19.5. The molecule has 1 atom stereocenters. The van der Waals surface area contributed by atoms with Crippen LogP contribution in [0.2, 0.25) is 0 Å². The minimum Gasteiger partial charge on any atom is -0.457 e. The van der Waals surface area contributed by atoms with Crippen molar-refractivity contribution in [1.29, 1.82) is 0 Å². The molecule has 2 nitrogen and oxygen atoms in total. The predicted octanol–water partition coefficient (Wildman–Crippen LogP) is 5.86. The molecule has 1 aliphatic rings. The van der Waals surface area contributed by atoms with E-state index >= 15 is 0 Å². The quantitative estimate of drug-likeness (QED) is 0.645. The second-order valence-electron chi connectivity index (χ2n) is 6.64. The zero-order valence-corrected chi connectivity index (χ0v) is 14.9. The molecular weight excluding hydrogens is 284 g/mol. The highest BCUT2D eigenvalue weighted by Gasteiger charge is 2.52. The van der Waals surface area contributed by atoms with Crippen molar-refractivity contribution in [3.8, 4) is 11.5 Å². The van der Waals surface area contributed by atoms with Gasteiger partial charge in [0.15, 0.2) is 0 Å². The van der Waals surface area contributed by atoms with Crippen LogP contribution < -0.4 is 4.74 Å². The summed E-state index contributed by atoms with van der Waals surface area (Å²) >= 11 is 0. The first-order chi connectivity index (χ1) is 11.0. The summed E-state index contributed by atoms with van der Waals surface area (Å²) in [5.74, 6) is 1.74. The first-order valence-electron chi connectivity index (χ1n) is 8.44. The van der Waals surface area contributed by atoms with Gasteiger partial charge in [-0.3, -0.25) is 0 Å². The molecule has 2 aromatic carbocycles. The zero-order valence-electron chi connectivity index (χ0n) is 14.9. The molecule has 23 heavy (non-hydrogen) atoms. The van der Waals surface area contributed by atoms with E-state index in [1.165, 1.54) is 5.56 Å². The van der Waals surface area contributed by atoms with Gasteiger partial charge in [-0.05, 0) is 48.6 Å². The molecule has 1 heterocycles. The van der Waals surface area contributed by atoms with Crippen LogP contribution in [0.5, 0.6) is 11.5 Å². The van der Waals surface area contributed by atoms with Gasteiger partial charge in [0.25, 0.3) is 0 Å². The number of benzene rings is 2. The van der Waals surface area contributed by atoms with Gasteiger partial charge in [0.05, 0.1) is 12.2 Å². The van der Waals surface area contributed by atoms with Crippen LogP contribution in [0.3, 0.4) is 0 Å². The van der Waals surface area contributed by atoms with Crippen molar-refractivity contribution in [2.24, 2.45) is 5.41 Å². The van der Waals surface area contributed by atoms with Crippen LogP contribution in [-0.4, -0.2) is 12.2 Å². The minimum absolute atomic E-state index is 0.0339. The van der Waals surface area contributed by atoms with E-state index < -0.39 is 0 Å². The lowest BCUT2D eigenvalue weighted by Gasteiger charge is -2.29. The highest BCUT2D eigenvalue weighted by molar-refractivity contribution is 5.33. The van der Waals surface area contributed by atoms with Crippen molar-refractivity contribution in [2.75, 3.05) is 6.61 Å². The van der Waals surface area contributed by atoms with Crippen molar-refractivity contribution in [3.63, 3.8) is 0 Å². The fraction of sp³-hybridized carbons (Fsp3) is 0.429. The van der Waals surface area contributed by atoms with Gasteiger partial charge in [-0.15, -0.1) is 0 Å². The molecule has 3 rings (SSSR count). The van der Waals surface area contributed by atoms with E-state index in [-0.39, 0.29) is 11.0 Å². The molecule has 0 amide bonds. The van der Waals surface area contributed by atoms with Crippen LogP contribution in [0.15, 0.2) is 54.6 Å². The average Bonchev–Trinajstić information content (AvgIpc) is 3.32. The highest BCUT2D eigenvalue weighted by atomic mass is 16.6. The van der Waals surface area contributed by atoms with Gasteiger partial charge in [-0.1, -0.05) is 58.0 Å². The summed E-state index contributed by atoms with van der Waals surface area (Å²) < 4.78 is 11.4. The van der Waals surface area contributed by atoms with Crippen LogP contribution in [0.25, 0.3) is 0 Å². The molecular formula is C21H28O2. The average molecular weight is 312 g/mol. The van der Waals surface area contributed by atoms with E-state index in [2.05, 4.69) is 32.9 Å². The van der Waals surface area contributed by atoms with Crippen LogP contribution in [0, 0.1) is 5.41 Å². The summed E-state index contributed by atoms with van der Waals surface area (Å²) in [6.45, 7) is 11.6. The Morgan fingerprint density at radius 3 is 2.00 bits per heavy atom. The predicted molar refractivity (Wildman–Crippen MR) is 96.1 cm³/mol. The lowest BCUT2D eigenvalue weighted by atomic mass is 9.75. The Balaban J connectivity index is 0.000000924. The van der Waals surface area contributed by atoms with Gasteiger partial charge in [0.1, 0.15) is 11.5 Å². The SMILES string of the molecule is CC.CC(C)(Cc1ccc(Oc2ccccc2)cc1)C1(C)CO1. The van der Waals surface area contributed by atoms with E-state index in [9.17, 15) is 0 Å². The van der Waals surface area contributed by atoms with Crippen molar-refractivity contribution in [3.05, 3.63) is 60.2 Å². The Kier molecular flexibility index (Phi) is 5.48. The van der Waals surface area contributed by atoms with Gasteiger partial charge < -0.3 is 9.47 Å². The summed E-state index contributed by atoms with van der Waals surface area (Å²) in [6.07, 6.45) is 1.01. The van der Waals surface area contributed by atoms with Crippen LogP contribution in [0.1, 0.15) is 40.2 Å². The Hall–Kier alpha value is -1.80. The minimum atomic E-state index is 0.0339. The third kappa shape index (κ3) is 4.35. The third-order valence-corrected chi connectivity index (χ3v) is 4.56. The molecule has 0 N–H and O–H groups in total. The summed E-state index contributed by atoms with van der Waals surface area (Å²) in [5.41, 5.74) is 1.50. The fourth-order valence-electron chi connectivity index (χ4n) is 2.50. The smallest absolute Gasteiger partial charge is 0.127 e. The molecule has 2 aromatic rings. The molecule has 0 saturated carbocycles. The Morgan fingerprint density at radius 2 is 1.48 bits per heavy atom. The topological polar surface area (TPSA) is 21.8 Å². The standard InChI is InChI=1S/C19H22O2.C2H6/c1-18(2,19(3)14-20-19)13-15-9-11-17(12-10-15)21-16-7-5-4-6-8-16;1-2/h4-12H,13-14H2,1-3H3;1-2H3. The molecule has 0 bridgehead atoms. The van der Waals surface area contributed by atoms with Gasteiger partial charge in [0, 0.05) is 0 Å². The number of hydrogen-bond donors (Lipinski definition) is 0. The third-order valence-electron chi connectivity index (χ3n) is 4.56. The van der Waals surface area contributed by atoms with Gasteiger partial charge in [-0.2, -0.15) is 0 Å². The molecule has 1 fully saturated rings. The summed E-state index contributed by atoms with van der Waals surface area (Å²) in [6, 6.07) is 18.2. The lowest BCUT2D eigenvalue weighted by Crippen LogP contribution is -2.32. The monoisotopic (exact) mass is 312 g/mol. The van der Waals surface area contributed by atoms with E-state index in [0.29, 0.717) is 0 Å². The van der Waals surface area contributed by atoms with Crippen LogP contribution in [0.4, 0.5) is 0 Å². The van der Waals surface area contributed by atoms with E-state index in [4.69, 9.17) is 9.47 Å². The van der Waals surface area contributed by atoms with Gasteiger partial charge >= 0.3 is 0 Å². The summed E-state index contributed by atoms with van der Waals surface area (Å²) in [5, 5.41) is 0. The highest BCUT2D eigenvalue weighted by Crippen LogP contribution is 2.46. The van der Waals surface area contributed by atoms with Crippen molar-refractivity contribution >= 4 is 0 Å². The molecule has 0 aliphatic carbocycles. The van der Waals surface area contributed by atoms with Crippen LogP contribution >= 0.6 is 0 Å². The maximum atomic E-state index is 5.82. The first kappa shape index (κ1) is 17.6. The van der Waals surface area contributed by atoms with E-state index in [1.807, 2.05) is 56.3 Å². The number of ether oxygens (including phenoxy) is 2. The molecule has 1 unspecified atom stereocenters. The molecule has 124 valence electrons. The lowest BCUT2D eigenvalue weighted by molar-refractivity contribution is 0.153. The maximum absolute atomic E-state index is 5.82. The van der Waals surface area contributed by atoms with Crippen LogP contribution in [-0.2, 0) is 11.2 Å². The second-order valence-corrected chi connectivity index (χ2v) is 6.64. The molecule has 0 spiro atoms. The number of epoxide rings is 1. The van der Waals surface area contributed by atoms with Crippen molar-refractivity contribution in [2.45, 2.75) is 46.6 Å². The van der Waals surface area contributed by atoms with Crippen molar-refractivity contribution < 1.29 is 9.47 Å². The number of para-hydroxylation sites is 1. The maximum Gasteiger partial charge on any atom is 0.127 e. The molecule has 1 saturated heterocycles. The number of hydrogen-bond acceptors (Lipinski definition) is 2. The summed E-state index contributed by atoms with van der Waals surface area (Å²) in [7, 11) is 0. The zero-order chi connectivity index (χ0) is 16.9. The molecule has 0 aromatic heterocycles. The van der Waals surface area contributed by atoms with E-state index in [0.717, 1.165) is 24.5 Å². The van der Waals surface area contributed by atoms with Gasteiger partial charge in [-0.25, -0.2) is 0 Å². The Bertz CT molecular complexity index is 595. The van der Waals surface area contributed by atoms with Gasteiger partial charge in [0.2, 0.25) is 0 Å². The molecule has 2 heteroatoms. The second kappa shape index (κ2) is 7.18. The Labute approximate surface area is 140 Å². The molecule has 1 aliphatic heterocycles. The Morgan fingerprint density at radius 1 is 0.957 bits per heavy atom. The van der Waals surface area contributed by atoms with Crippen molar-refractivity contribution in [1.82, 2.24) is 0 Å². The van der Waals surface area contributed by atoms with E-state index in [1.54, 1.807) is 0 Å².